The molecule has 0 unspecified atom stereocenters. The maximum absolute atomic E-state index is 13.1. The molecular weight excluding hydrogens is 307 g/mol. The molecule has 0 radical (unpaired) electrons. The number of anilines is 2. The van der Waals surface area contributed by atoms with Crippen LogP contribution in [0.25, 0.3) is 0 Å². The SMILES string of the molecule is CC(=O)N(CC(=O)Nc1cccc(F)c1)c1cccc(Cl)c1. The molecule has 0 atom stereocenters. The molecule has 0 aromatic heterocycles. The van der Waals surface area contributed by atoms with Crippen molar-refractivity contribution in [2.45, 2.75) is 6.92 Å². The monoisotopic (exact) mass is 320 g/mol. The predicted molar refractivity (Wildman–Crippen MR) is 84.5 cm³/mol. The van der Waals surface area contributed by atoms with Gasteiger partial charge in [0, 0.05) is 23.3 Å². The molecule has 0 aliphatic carbocycles. The number of nitrogens with one attached hydrogen (secondary N) is 1. The van der Waals surface area contributed by atoms with Gasteiger partial charge in [-0.1, -0.05) is 23.7 Å². The summed E-state index contributed by atoms with van der Waals surface area (Å²) in [6.07, 6.45) is 0. The van der Waals surface area contributed by atoms with Crippen molar-refractivity contribution >= 4 is 34.8 Å². The Morgan fingerprint density at radius 3 is 2.55 bits per heavy atom. The first-order chi connectivity index (χ1) is 10.5. The number of hydrogen-bond donors (Lipinski definition) is 1. The lowest BCUT2D eigenvalue weighted by atomic mass is 10.2. The number of benzene rings is 2. The van der Waals surface area contributed by atoms with Gasteiger partial charge in [0.2, 0.25) is 11.8 Å². The Bertz CT molecular complexity index is 706. The third kappa shape index (κ3) is 4.30. The summed E-state index contributed by atoms with van der Waals surface area (Å²) in [6, 6.07) is 12.2. The Labute approximate surface area is 132 Å². The van der Waals surface area contributed by atoms with Crippen molar-refractivity contribution in [3.8, 4) is 0 Å². The van der Waals surface area contributed by atoms with E-state index in [2.05, 4.69) is 5.32 Å². The van der Waals surface area contributed by atoms with Gasteiger partial charge in [0.25, 0.3) is 0 Å². The Balaban J connectivity index is 2.11. The predicted octanol–water partition coefficient (Wildman–Crippen LogP) is 3.47. The van der Waals surface area contributed by atoms with E-state index < -0.39 is 11.7 Å². The molecule has 4 nitrogen and oxygen atoms in total. The van der Waals surface area contributed by atoms with Crippen molar-refractivity contribution in [3.05, 3.63) is 59.4 Å². The van der Waals surface area contributed by atoms with Crippen molar-refractivity contribution in [2.75, 3.05) is 16.8 Å². The molecular formula is C16H14ClFN2O2. The van der Waals surface area contributed by atoms with Gasteiger partial charge < -0.3 is 10.2 Å². The van der Waals surface area contributed by atoms with Gasteiger partial charge in [0.15, 0.2) is 0 Å². The topological polar surface area (TPSA) is 49.4 Å². The van der Waals surface area contributed by atoms with Gasteiger partial charge in [-0.15, -0.1) is 0 Å². The van der Waals surface area contributed by atoms with Crippen LogP contribution in [-0.2, 0) is 9.59 Å². The first kappa shape index (κ1) is 16.0. The zero-order valence-corrected chi connectivity index (χ0v) is 12.6. The number of amides is 2. The molecule has 114 valence electrons. The van der Waals surface area contributed by atoms with Gasteiger partial charge in [-0.2, -0.15) is 0 Å². The summed E-state index contributed by atoms with van der Waals surface area (Å²) in [5.41, 5.74) is 0.856. The Kier molecular flexibility index (Phi) is 5.12. The minimum atomic E-state index is -0.448. The van der Waals surface area contributed by atoms with E-state index in [1.807, 2.05) is 0 Å². The summed E-state index contributed by atoms with van der Waals surface area (Å²) >= 11 is 5.90. The van der Waals surface area contributed by atoms with E-state index in [1.54, 1.807) is 30.3 Å². The summed E-state index contributed by atoms with van der Waals surface area (Å²) < 4.78 is 13.1. The Morgan fingerprint density at radius 2 is 1.91 bits per heavy atom. The number of hydrogen-bond acceptors (Lipinski definition) is 2. The summed E-state index contributed by atoms with van der Waals surface area (Å²) in [5.74, 6) is -1.17. The van der Waals surface area contributed by atoms with Crippen LogP contribution in [0, 0.1) is 5.82 Å². The Morgan fingerprint density at radius 1 is 1.18 bits per heavy atom. The molecule has 22 heavy (non-hydrogen) atoms. The molecule has 2 amide bonds. The van der Waals surface area contributed by atoms with Crippen LogP contribution in [0.5, 0.6) is 0 Å². The second-order valence-corrected chi connectivity index (χ2v) is 5.08. The van der Waals surface area contributed by atoms with Crippen LogP contribution in [0.3, 0.4) is 0 Å². The van der Waals surface area contributed by atoms with Gasteiger partial charge in [-0.05, 0) is 36.4 Å². The number of nitrogens with zero attached hydrogens (tertiary/aromatic N) is 1. The lowest BCUT2D eigenvalue weighted by molar-refractivity contribution is -0.120. The molecule has 0 fully saturated rings. The van der Waals surface area contributed by atoms with Crippen LogP contribution < -0.4 is 10.2 Å². The highest BCUT2D eigenvalue weighted by Gasteiger charge is 2.16. The van der Waals surface area contributed by atoms with Gasteiger partial charge in [0.05, 0.1) is 0 Å². The standard InChI is InChI=1S/C16H14ClFN2O2/c1-11(21)20(15-7-2-4-12(17)8-15)10-16(22)19-14-6-3-5-13(18)9-14/h2-9H,10H2,1H3,(H,19,22). The zero-order chi connectivity index (χ0) is 16.1. The number of rotatable bonds is 4. The Hall–Kier alpha value is -2.40. The number of carbonyl (C=O) groups excluding carboxylic acids is 2. The van der Waals surface area contributed by atoms with Crippen LogP contribution >= 0.6 is 11.6 Å². The highest BCUT2D eigenvalue weighted by Crippen LogP contribution is 2.20. The quantitative estimate of drug-likeness (QED) is 0.937. The van der Waals surface area contributed by atoms with Crippen molar-refractivity contribution in [1.82, 2.24) is 0 Å². The van der Waals surface area contributed by atoms with E-state index in [0.717, 1.165) is 0 Å². The molecule has 0 aliphatic rings. The molecule has 6 heteroatoms. The van der Waals surface area contributed by atoms with Crippen molar-refractivity contribution < 1.29 is 14.0 Å². The maximum atomic E-state index is 13.1. The molecule has 0 bridgehead atoms. The molecule has 2 rings (SSSR count). The molecule has 2 aromatic rings. The lowest BCUT2D eigenvalue weighted by Gasteiger charge is -2.20. The van der Waals surface area contributed by atoms with Crippen molar-refractivity contribution in [2.24, 2.45) is 0 Å². The first-order valence-corrected chi connectivity index (χ1v) is 6.92. The molecule has 1 N–H and O–H groups in total. The maximum Gasteiger partial charge on any atom is 0.244 e. The van der Waals surface area contributed by atoms with Crippen LogP contribution in [0.15, 0.2) is 48.5 Å². The minimum Gasteiger partial charge on any atom is -0.324 e. The highest BCUT2D eigenvalue weighted by molar-refractivity contribution is 6.31. The van der Waals surface area contributed by atoms with Crippen molar-refractivity contribution in [3.63, 3.8) is 0 Å². The number of carbonyl (C=O) groups is 2. The van der Waals surface area contributed by atoms with Gasteiger partial charge >= 0.3 is 0 Å². The fourth-order valence-corrected chi connectivity index (χ4v) is 2.12. The largest absolute Gasteiger partial charge is 0.324 e. The average Bonchev–Trinajstić information content (AvgIpc) is 2.44. The summed E-state index contributed by atoms with van der Waals surface area (Å²) in [7, 11) is 0. The van der Waals surface area contributed by atoms with Crippen molar-refractivity contribution in [1.29, 1.82) is 0 Å². The fraction of sp³-hybridized carbons (Fsp3) is 0.125. The molecule has 0 spiro atoms. The second kappa shape index (κ2) is 7.04. The molecule has 0 aliphatic heterocycles. The normalized spacial score (nSPS) is 10.1. The van der Waals surface area contributed by atoms with Crippen LogP contribution in [0.4, 0.5) is 15.8 Å². The number of halogens is 2. The third-order valence-electron chi connectivity index (χ3n) is 2.91. The molecule has 0 saturated heterocycles. The lowest BCUT2D eigenvalue weighted by Crippen LogP contribution is -2.36. The summed E-state index contributed by atoms with van der Waals surface area (Å²) in [5, 5.41) is 3.01. The van der Waals surface area contributed by atoms with Gasteiger partial charge in [-0.25, -0.2) is 4.39 Å². The van der Waals surface area contributed by atoms with E-state index in [9.17, 15) is 14.0 Å². The smallest absolute Gasteiger partial charge is 0.244 e. The van der Waals surface area contributed by atoms with E-state index >= 15 is 0 Å². The summed E-state index contributed by atoms with van der Waals surface area (Å²) in [4.78, 5) is 25.1. The van der Waals surface area contributed by atoms with Crippen LogP contribution in [-0.4, -0.2) is 18.4 Å². The first-order valence-electron chi connectivity index (χ1n) is 6.55. The van der Waals surface area contributed by atoms with E-state index in [4.69, 9.17) is 11.6 Å². The van der Waals surface area contributed by atoms with Crippen LogP contribution in [0.1, 0.15) is 6.92 Å². The third-order valence-corrected chi connectivity index (χ3v) is 3.15. The van der Waals surface area contributed by atoms with Gasteiger partial charge in [0.1, 0.15) is 12.4 Å². The highest BCUT2D eigenvalue weighted by atomic mass is 35.5. The van der Waals surface area contributed by atoms with Crippen LogP contribution in [0.2, 0.25) is 5.02 Å². The van der Waals surface area contributed by atoms with E-state index in [-0.39, 0.29) is 12.5 Å². The fourth-order valence-electron chi connectivity index (χ4n) is 1.94. The van der Waals surface area contributed by atoms with E-state index in [1.165, 1.54) is 30.0 Å². The second-order valence-electron chi connectivity index (χ2n) is 4.64. The average molecular weight is 321 g/mol. The minimum absolute atomic E-state index is 0.188. The summed E-state index contributed by atoms with van der Waals surface area (Å²) in [6.45, 7) is 1.17. The van der Waals surface area contributed by atoms with E-state index in [0.29, 0.717) is 16.4 Å². The molecule has 0 saturated carbocycles. The molecule has 2 aromatic carbocycles. The van der Waals surface area contributed by atoms with Gasteiger partial charge in [-0.3, -0.25) is 9.59 Å². The molecule has 0 heterocycles. The zero-order valence-electron chi connectivity index (χ0n) is 11.8.